The largest absolute Gasteiger partial charge is 0.508 e. The highest BCUT2D eigenvalue weighted by Gasteiger charge is 2.08. The van der Waals surface area contributed by atoms with Crippen molar-refractivity contribution in [1.29, 1.82) is 0 Å². The molecule has 0 saturated carbocycles. The van der Waals surface area contributed by atoms with Gasteiger partial charge in [-0.05, 0) is 37.3 Å². The van der Waals surface area contributed by atoms with Crippen LogP contribution in [0.3, 0.4) is 0 Å². The molecule has 0 saturated heterocycles. The van der Waals surface area contributed by atoms with E-state index in [2.05, 4.69) is 10.3 Å². The van der Waals surface area contributed by atoms with Gasteiger partial charge >= 0.3 is 0 Å². The number of phenols is 1. The Morgan fingerprint density at radius 1 is 1.15 bits per heavy atom. The van der Waals surface area contributed by atoms with E-state index in [0.29, 0.717) is 25.4 Å². The van der Waals surface area contributed by atoms with Crippen LogP contribution in [-0.4, -0.2) is 50.3 Å². The number of benzene rings is 2. The highest BCUT2D eigenvalue weighted by atomic mass is 127. The fourth-order valence-corrected chi connectivity index (χ4v) is 2.43. The fourth-order valence-electron chi connectivity index (χ4n) is 2.43. The molecule has 0 atom stereocenters. The van der Waals surface area contributed by atoms with Crippen molar-refractivity contribution < 1.29 is 14.6 Å². The fraction of sp³-hybridized carbons (Fsp3) is 0.350. The maximum atomic E-state index is 9.97. The van der Waals surface area contributed by atoms with Crippen LogP contribution in [-0.2, 0) is 6.54 Å². The first-order valence-electron chi connectivity index (χ1n) is 8.50. The smallest absolute Gasteiger partial charge is 0.193 e. The third kappa shape index (κ3) is 7.16. The van der Waals surface area contributed by atoms with Crippen LogP contribution >= 0.6 is 24.0 Å². The Balaban J connectivity index is 0.00000364. The number of ether oxygens (including phenoxy) is 2. The van der Waals surface area contributed by atoms with E-state index < -0.39 is 0 Å². The molecule has 27 heavy (non-hydrogen) atoms. The van der Waals surface area contributed by atoms with E-state index >= 15 is 0 Å². The number of nitrogens with one attached hydrogen (secondary N) is 1. The van der Waals surface area contributed by atoms with Crippen molar-refractivity contribution in [2.45, 2.75) is 13.5 Å². The van der Waals surface area contributed by atoms with Crippen molar-refractivity contribution in [1.82, 2.24) is 10.2 Å². The number of halogens is 1. The molecule has 0 aliphatic heterocycles. The van der Waals surface area contributed by atoms with E-state index in [1.807, 2.05) is 43.1 Å². The number of phenolic OH excluding ortho intramolecular Hbond substituents is 1. The molecule has 148 valence electrons. The van der Waals surface area contributed by atoms with Crippen molar-refractivity contribution in [3.05, 3.63) is 53.6 Å². The summed E-state index contributed by atoms with van der Waals surface area (Å²) < 4.78 is 11.0. The third-order valence-corrected chi connectivity index (χ3v) is 4.01. The molecule has 0 heterocycles. The molecule has 2 aromatic carbocycles. The number of hydrogen-bond acceptors (Lipinski definition) is 4. The molecule has 0 bridgehead atoms. The second kappa shape index (κ2) is 11.5. The Morgan fingerprint density at radius 2 is 1.81 bits per heavy atom. The number of aromatic hydroxyl groups is 1. The van der Waals surface area contributed by atoms with Gasteiger partial charge in [-0.2, -0.15) is 0 Å². The summed E-state index contributed by atoms with van der Waals surface area (Å²) in [5.41, 5.74) is 1.95. The van der Waals surface area contributed by atoms with Gasteiger partial charge in [-0.1, -0.05) is 17.7 Å². The van der Waals surface area contributed by atoms with Gasteiger partial charge in [0.25, 0.3) is 0 Å². The number of aryl methyl sites for hydroxylation is 1. The van der Waals surface area contributed by atoms with Crippen molar-refractivity contribution >= 4 is 29.9 Å². The molecular formula is C20H28IN3O3. The van der Waals surface area contributed by atoms with Crippen LogP contribution in [0.15, 0.2) is 47.5 Å². The monoisotopic (exact) mass is 485 g/mol. The minimum atomic E-state index is 0. The second-order valence-corrected chi connectivity index (χ2v) is 5.98. The Labute approximate surface area is 178 Å². The molecule has 0 fully saturated rings. The molecule has 0 aliphatic rings. The van der Waals surface area contributed by atoms with Crippen molar-refractivity contribution in [2.24, 2.45) is 4.99 Å². The lowest BCUT2D eigenvalue weighted by atomic mass is 10.2. The van der Waals surface area contributed by atoms with Gasteiger partial charge < -0.3 is 24.8 Å². The van der Waals surface area contributed by atoms with E-state index in [9.17, 15) is 5.11 Å². The zero-order chi connectivity index (χ0) is 18.9. The highest BCUT2D eigenvalue weighted by molar-refractivity contribution is 14.0. The average molecular weight is 485 g/mol. The average Bonchev–Trinajstić information content (AvgIpc) is 2.65. The molecule has 2 rings (SSSR count). The Bertz CT molecular complexity index is 736. The summed E-state index contributed by atoms with van der Waals surface area (Å²) >= 11 is 0. The van der Waals surface area contributed by atoms with Crippen molar-refractivity contribution in [2.75, 3.05) is 34.4 Å². The van der Waals surface area contributed by atoms with Crippen molar-refractivity contribution in [3.8, 4) is 17.2 Å². The highest BCUT2D eigenvalue weighted by Crippen LogP contribution is 2.22. The van der Waals surface area contributed by atoms with E-state index in [-0.39, 0.29) is 29.7 Å². The Hall–Kier alpha value is -2.16. The first kappa shape index (κ1) is 22.9. The van der Waals surface area contributed by atoms with E-state index in [4.69, 9.17) is 9.47 Å². The lowest BCUT2D eigenvalue weighted by molar-refractivity contribution is 0.281. The third-order valence-electron chi connectivity index (χ3n) is 4.01. The first-order valence-corrected chi connectivity index (χ1v) is 8.50. The number of hydrogen-bond donors (Lipinski definition) is 2. The number of rotatable bonds is 7. The Morgan fingerprint density at radius 3 is 2.44 bits per heavy atom. The van der Waals surface area contributed by atoms with Gasteiger partial charge in [0.2, 0.25) is 0 Å². The van der Waals surface area contributed by atoms with Gasteiger partial charge in [0.1, 0.15) is 23.9 Å². The first-order chi connectivity index (χ1) is 12.5. The maximum Gasteiger partial charge on any atom is 0.193 e. The predicted molar refractivity (Wildman–Crippen MR) is 120 cm³/mol. The summed E-state index contributed by atoms with van der Waals surface area (Å²) in [6.07, 6.45) is 0. The predicted octanol–water partition coefficient (Wildman–Crippen LogP) is 3.41. The quantitative estimate of drug-likeness (QED) is 0.358. The minimum absolute atomic E-state index is 0. The molecule has 0 spiro atoms. The zero-order valence-electron chi connectivity index (χ0n) is 16.2. The van der Waals surface area contributed by atoms with Crippen LogP contribution in [0.1, 0.15) is 11.1 Å². The van der Waals surface area contributed by atoms with Gasteiger partial charge in [-0.25, -0.2) is 0 Å². The van der Waals surface area contributed by atoms with E-state index in [1.165, 1.54) is 5.56 Å². The molecule has 7 heteroatoms. The van der Waals surface area contributed by atoms with Gasteiger partial charge in [-0.3, -0.25) is 4.99 Å². The SMILES string of the molecule is CN=C(NCc1cc(OC)ccc1O)N(C)CCOc1ccc(C)cc1.I. The molecule has 0 amide bonds. The minimum Gasteiger partial charge on any atom is -0.508 e. The number of guanidine groups is 1. The molecule has 2 aromatic rings. The van der Waals surface area contributed by atoms with Gasteiger partial charge in [-0.15, -0.1) is 24.0 Å². The van der Waals surface area contributed by atoms with Crippen LogP contribution in [0.5, 0.6) is 17.2 Å². The summed E-state index contributed by atoms with van der Waals surface area (Å²) in [5.74, 6) is 2.50. The van der Waals surface area contributed by atoms with Crippen LogP contribution < -0.4 is 14.8 Å². The Kier molecular flexibility index (Phi) is 9.77. The van der Waals surface area contributed by atoms with Crippen molar-refractivity contribution in [3.63, 3.8) is 0 Å². The molecule has 0 radical (unpaired) electrons. The summed E-state index contributed by atoms with van der Waals surface area (Å²) in [7, 11) is 5.27. The molecule has 0 aliphatic carbocycles. The zero-order valence-corrected chi connectivity index (χ0v) is 18.6. The summed E-state index contributed by atoms with van der Waals surface area (Å²) in [6.45, 7) is 3.72. The van der Waals surface area contributed by atoms with E-state index in [1.54, 1.807) is 32.4 Å². The summed E-state index contributed by atoms with van der Waals surface area (Å²) in [4.78, 5) is 6.25. The van der Waals surface area contributed by atoms with Gasteiger partial charge in [0.15, 0.2) is 5.96 Å². The number of aliphatic imine (C=N–C) groups is 1. The van der Waals surface area contributed by atoms with Crippen LogP contribution in [0.2, 0.25) is 0 Å². The number of nitrogens with zero attached hydrogens (tertiary/aromatic N) is 2. The topological polar surface area (TPSA) is 66.3 Å². The molecule has 2 N–H and O–H groups in total. The lowest BCUT2D eigenvalue weighted by Crippen LogP contribution is -2.40. The molecule has 6 nitrogen and oxygen atoms in total. The second-order valence-electron chi connectivity index (χ2n) is 5.98. The van der Waals surface area contributed by atoms with Crippen LogP contribution in [0.4, 0.5) is 0 Å². The van der Waals surface area contributed by atoms with E-state index in [0.717, 1.165) is 17.3 Å². The van der Waals surface area contributed by atoms with Gasteiger partial charge in [0, 0.05) is 26.2 Å². The molecule has 0 unspecified atom stereocenters. The molecular weight excluding hydrogens is 457 g/mol. The maximum absolute atomic E-state index is 9.97. The standard InChI is InChI=1S/C20H27N3O3.HI/c1-15-5-7-17(8-6-15)26-12-11-23(3)20(21-2)22-14-16-13-18(25-4)9-10-19(16)24;/h5-10,13,24H,11-12,14H2,1-4H3,(H,21,22);1H. The summed E-state index contributed by atoms with van der Waals surface area (Å²) in [5, 5.41) is 13.2. The number of methoxy groups -OCH3 is 1. The summed E-state index contributed by atoms with van der Waals surface area (Å²) in [6, 6.07) is 13.1. The van der Waals surface area contributed by atoms with Crippen LogP contribution in [0.25, 0.3) is 0 Å². The molecule has 0 aromatic heterocycles. The number of likely N-dealkylation sites (N-methyl/N-ethyl adjacent to an activating group) is 1. The lowest BCUT2D eigenvalue weighted by Gasteiger charge is -2.22. The van der Waals surface area contributed by atoms with Gasteiger partial charge in [0.05, 0.1) is 13.7 Å². The normalized spacial score (nSPS) is 10.7. The van der Waals surface area contributed by atoms with Crippen LogP contribution in [0, 0.1) is 6.92 Å².